The molecule has 0 aromatic carbocycles. The van der Waals surface area contributed by atoms with Crippen molar-refractivity contribution in [1.29, 1.82) is 0 Å². The molecule has 0 spiro atoms. The van der Waals surface area contributed by atoms with Gasteiger partial charge in [-0.25, -0.2) is 0 Å². The van der Waals surface area contributed by atoms with E-state index in [0.717, 1.165) is 6.42 Å². The van der Waals surface area contributed by atoms with Crippen molar-refractivity contribution in [2.75, 3.05) is 6.61 Å². The van der Waals surface area contributed by atoms with Crippen molar-refractivity contribution in [1.82, 2.24) is 5.32 Å². The summed E-state index contributed by atoms with van der Waals surface area (Å²) in [5.41, 5.74) is 0. The molecule has 2 N–H and O–H groups in total. The van der Waals surface area contributed by atoms with E-state index in [9.17, 15) is 4.79 Å². The summed E-state index contributed by atoms with van der Waals surface area (Å²) in [6.07, 6.45) is 7.04. The maximum absolute atomic E-state index is 11.3. The second-order valence-corrected chi connectivity index (χ2v) is 4.15. The summed E-state index contributed by atoms with van der Waals surface area (Å²) in [4.78, 5) is 11.3. The quantitative estimate of drug-likeness (QED) is 0.579. The van der Waals surface area contributed by atoms with Crippen molar-refractivity contribution in [2.24, 2.45) is 0 Å². The van der Waals surface area contributed by atoms with Crippen LogP contribution in [0.25, 0.3) is 0 Å². The number of unbranched alkanes of at least 4 members (excludes halogenated alkanes) is 3. The molecular formula is C12H25NO2. The number of nitrogens with one attached hydrogen (secondary N) is 1. The summed E-state index contributed by atoms with van der Waals surface area (Å²) in [6, 6.07) is 0.271. The Morgan fingerprint density at radius 1 is 1.27 bits per heavy atom. The van der Waals surface area contributed by atoms with E-state index in [1.165, 1.54) is 25.7 Å². The van der Waals surface area contributed by atoms with Crippen molar-refractivity contribution >= 4 is 5.91 Å². The summed E-state index contributed by atoms with van der Waals surface area (Å²) < 4.78 is 0. The molecule has 1 unspecified atom stereocenters. The molecule has 0 aliphatic rings. The first-order chi connectivity index (χ1) is 7.20. The van der Waals surface area contributed by atoms with Crippen LogP contribution in [0.5, 0.6) is 0 Å². The SMILES string of the molecule is CCCCCCC(C)NC(=O)CCCO. The Bertz CT molecular complexity index is 160. The molecular weight excluding hydrogens is 190 g/mol. The highest BCUT2D eigenvalue weighted by molar-refractivity contribution is 5.76. The van der Waals surface area contributed by atoms with Crippen molar-refractivity contribution in [3.8, 4) is 0 Å². The predicted molar refractivity (Wildman–Crippen MR) is 62.7 cm³/mol. The maximum atomic E-state index is 11.3. The minimum atomic E-state index is 0.0621. The van der Waals surface area contributed by atoms with Gasteiger partial charge in [0.1, 0.15) is 0 Å². The average molecular weight is 215 g/mol. The van der Waals surface area contributed by atoms with Crippen LogP contribution in [0.15, 0.2) is 0 Å². The van der Waals surface area contributed by atoms with Crippen LogP contribution < -0.4 is 5.32 Å². The molecule has 0 bridgehead atoms. The summed E-state index contributed by atoms with van der Waals surface area (Å²) in [5.74, 6) is 0.0621. The van der Waals surface area contributed by atoms with Gasteiger partial charge >= 0.3 is 0 Å². The highest BCUT2D eigenvalue weighted by Gasteiger charge is 2.06. The molecule has 0 aliphatic heterocycles. The van der Waals surface area contributed by atoms with Crippen molar-refractivity contribution in [2.45, 2.75) is 64.8 Å². The number of aliphatic hydroxyl groups is 1. The van der Waals surface area contributed by atoms with Crippen LogP contribution in [0.3, 0.4) is 0 Å². The molecule has 0 fully saturated rings. The number of carbonyl (C=O) groups is 1. The van der Waals surface area contributed by atoms with Crippen molar-refractivity contribution < 1.29 is 9.90 Å². The smallest absolute Gasteiger partial charge is 0.220 e. The fraction of sp³-hybridized carbons (Fsp3) is 0.917. The first-order valence-electron chi connectivity index (χ1n) is 6.11. The summed E-state index contributed by atoms with van der Waals surface area (Å²) in [6.45, 7) is 4.33. The van der Waals surface area contributed by atoms with Gasteiger partial charge < -0.3 is 10.4 Å². The fourth-order valence-corrected chi connectivity index (χ4v) is 1.54. The van der Waals surface area contributed by atoms with Crippen LogP contribution in [-0.2, 0) is 4.79 Å². The zero-order valence-corrected chi connectivity index (χ0v) is 10.1. The van der Waals surface area contributed by atoms with Gasteiger partial charge in [-0.2, -0.15) is 0 Å². The summed E-state index contributed by atoms with van der Waals surface area (Å²) >= 11 is 0. The molecule has 0 radical (unpaired) electrons. The van der Waals surface area contributed by atoms with Gasteiger partial charge in [-0.05, 0) is 19.8 Å². The van der Waals surface area contributed by atoms with Gasteiger partial charge in [-0.3, -0.25) is 4.79 Å². The lowest BCUT2D eigenvalue weighted by Gasteiger charge is -2.13. The van der Waals surface area contributed by atoms with E-state index in [1.54, 1.807) is 0 Å². The number of rotatable bonds is 9. The van der Waals surface area contributed by atoms with Crippen LogP contribution >= 0.6 is 0 Å². The molecule has 15 heavy (non-hydrogen) atoms. The lowest BCUT2D eigenvalue weighted by atomic mass is 10.1. The van der Waals surface area contributed by atoms with Crippen molar-refractivity contribution in [3.63, 3.8) is 0 Å². The highest BCUT2D eigenvalue weighted by atomic mass is 16.3. The molecule has 0 saturated heterocycles. The molecule has 3 nitrogen and oxygen atoms in total. The van der Waals surface area contributed by atoms with Crippen molar-refractivity contribution in [3.05, 3.63) is 0 Å². The monoisotopic (exact) mass is 215 g/mol. The van der Waals surface area contributed by atoms with E-state index < -0.39 is 0 Å². The first-order valence-corrected chi connectivity index (χ1v) is 6.11. The topological polar surface area (TPSA) is 49.3 Å². The molecule has 0 aliphatic carbocycles. The van der Waals surface area contributed by atoms with Gasteiger partial charge in [0.05, 0.1) is 0 Å². The second kappa shape index (κ2) is 9.97. The molecule has 0 aromatic rings. The predicted octanol–water partition coefficient (Wildman–Crippen LogP) is 2.23. The van der Waals surface area contributed by atoms with E-state index in [4.69, 9.17) is 5.11 Å². The third kappa shape index (κ3) is 9.73. The minimum Gasteiger partial charge on any atom is -0.396 e. The molecule has 1 amide bonds. The second-order valence-electron chi connectivity index (χ2n) is 4.15. The van der Waals surface area contributed by atoms with Crippen LogP contribution in [0.2, 0.25) is 0 Å². The molecule has 3 heteroatoms. The van der Waals surface area contributed by atoms with E-state index in [2.05, 4.69) is 12.2 Å². The van der Waals surface area contributed by atoms with Gasteiger partial charge in [-0.15, -0.1) is 0 Å². The van der Waals surface area contributed by atoms with E-state index in [0.29, 0.717) is 12.8 Å². The molecule has 0 aromatic heterocycles. The van der Waals surface area contributed by atoms with E-state index in [1.807, 2.05) is 6.92 Å². The standard InChI is InChI=1S/C12H25NO2/c1-3-4-5-6-8-11(2)13-12(15)9-7-10-14/h11,14H,3-10H2,1-2H3,(H,13,15). The maximum Gasteiger partial charge on any atom is 0.220 e. The zero-order valence-electron chi connectivity index (χ0n) is 10.1. The number of carbonyl (C=O) groups excluding carboxylic acids is 1. The average Bonchev–Trinajstić information content (AvgIpc) is 2.21. The Hall–Kier alpha value is -0.570. The number of hydrogen-bond donors (Lipinski definition) is 2. The van der Waals surface area contributed by atoms with Crippen LogP contribution in [0.1, 0.15) is 58.8 Å². The Labute approximate surface area is 93.3 Å². The van der Waals surface area contributed by atoms with Gasteiger partial charge in [-0.1, -0.05) is 32.6 Å². The minimum absolute atomic E-state index is 0.0621. The lowest BCUT2D eigenvalue weighted by Crippen LogP contribution is -2.32. The van der Waals surface area contributed by atoms with Gasteiger partial charge in [0.15, 0.2) is 0 Å². The summed E-state index contributed by atoms with van der Waals surface area (Å²) in [7, 11) is 0. The number of aliphatic hydroxyl groups excluding tert-OH is 1. The van der Waals surface area contributed by atoms with Gasteiger partial charge in [0.2, 0.25) is 5.91 Å². The molecule has 90 valence electrons. The van der Waals surface area contributed by atoms with Gasteiger partial charge in [0.25, 0.3) is 0 Å². The first kappa shape index (κ1) is 14.4. The van der Waals surface area contributed by atoms with Crippen LogP contribution in [0, 0.1) is 0 Å². The third-order valence-corrected chi connectivity index (χ3v) is 2.46. The fourth-order valence-electron chi connectivity index (χ4n) is 1.54. The zero-order chi connectivity index (χ0) is 11.5. The summed E-state index contributed by atoms with van der Waals surface area (Å²) in [5, 5.41) is 11.5. The highest BCUT2D eigenvalue weighted by Crippen LogP contribution is 2.05. The Morgan fingerprint density at radius 2 is 2.00 bits per heavy atom. The normalized spacial score (nSPS) is 12.5. The largest absolute Gasteiger partial charge is 0.396 e. The molecule has 0 saturated carbocycles. The van der Waals surface area contributed by atoms with Crippen LogP contribution in [-0.4, -0.2) is 23.7 Å². The van der Waals surface area contributed by atoms with E-state index in [-0.39, 0.29) is 18.6 Å². The Balaban J connectivity index is 3.38. The third-order valence-electron chi connectivity index (χ3n) is 2.46. The number of amides is 1. The van der Waals surface area contributed by atoms with Gasteiger partial charge in [0, 0.05) is 19.1 Å². The number of hydrogen-bond acceptors (Lipinski definition) is 2. The Kier molecular flexibility index (Phi) is 9.59. The molecule has 0 rings (SSSR count). The lowest BCUT2D eigenvalue weighted by molar-refractivity contribution is -0.122. The van der Waals surface area contributed by atoms with Crippen LogP contribution in [0.4, 0.5) is 0 Å². The molecule has 1 atom stereocenters. The molecule has 0 heterocycles. The Morgan fingerprint density at radius 3 is 2.60 bits per heavy atom. The van der Waals surface area contributed by atoms with E-state index >= 15 is 0 Å².